The maximum atomic E-state index is 11.9. The van der Waals surface area contributed by atoms with Gasteiger partial charge in [-0.3, -0.25) is 0 Å². The maximum absolute atomic E-state index is 11.9. The van der Waals surface area contributed by atoms with Crippen molar-refractivity contribution in [1.29, 1.82) is 0 Å². The van der Waals surface area contributed by atoms with Gasteiger partial charge in [0.25, 0.3) is 0 Å². The van der Waals surface area contributed by atoms with Crippen molar-refractivity contribution in [1.82, 2.24) is 0 Å². The van der Waals surface area contributed by atoms with Gasteiger partial charge in [-0.15, -0.1) is 12.6 Å². The molecule has 0 aliphatic heterocycles. The van der Waals surface area contributed by atoms with E-state index in [2.05, 4.69) is 19.6 Å². The minimum Gasteiger partial charge on any atom is -0.459 e. The molecular weight excluding hydrogens is 232 g/mol. The minimum absolute atomic E-state index is 0.0990. The van der Waals surface area contributed by atoms with Crippen molar-refractivity contribution in [3.8, 4) is 0 Å². The van der Waals surface area contributed by atoms with E-state index in [0.717, 1.165) is 24.2 Å². The van der Waals surface area contributed by atoms with Gasteiger partial charge in [-0.1, -0.05) is 13.3 Å². The predicted octanol–water partition coefficient (Wildman–Crippen LogP) is 3.71. The van der Waals surface area contributed by atoms with Crippen LogP contribution in [0.1, 0.15) is 43.0 Å². The van der Waals surface area contributed by atoms with Crippen LogP contribution in [0.4, 0.5) is 0 Å². The van der Waals surface area contributed by atoms with Crippen LogP contribution in [-0.4, -0.2) is 12.1 Å². The third kappa shape index (κ3) is 3.50. The number of hydrogen-bond acceptors (Lipinski definition) is 3. The number of benzene rings is 1. The van der Waals surface area contributed by atoms with Crippen molar-refractivity contribution in [2.45, 2.75) is 43.6 Å². The minimum atomic E-state index is -0.211. The molecule has 2 atom stereocenters. The number of carbonyl (C=O) groups is 1. The predicted molar refractivity (Wildman–Crippen MR) is 70.5 cm³/mol. The average molecular weight is 250 g/mol. The zero-order valence-corrected chi connectivity index (χ0v) is 11.0. The molecule has 0 aromatic heterocycles. The van der Waals surface area contributed by atoms with Gasteiger partial charge in [-0.05, 0) is 49.4 Å². The molecule has 1 aliphatic carbocycles. The first-order valence-corrected chi connectivity index (χ1v) is 6.60. The van der Waals surface area contributed by atoms with Gasteiger partial charge in [0.1, 0.15) is 6.10 Å². The third-order valence-corrected chi connectivity index (χ3v) is 3.56. The van der Waals surface area contributed by atoms with Crippen LogP contribution < -0.4 is 0 Å². The molecule has 2 nitrogen and oxygen atoms in total. The van der Waals surface area contributed by atoms with Crippen LogP contribution in [0.25, 0.3) is 0 Å². The Morgan fingerprint density at radius 3 is 2.65 bits per heavy atom. The van der Waals surface area contributed by atoms with Crippen LogP contribution in [0, 0.1) is 5.92 Å². The molecule has 0 spiro atoms. The molecule has 1 aromatic carbocycles. The van der Waals surface area contributed by atoms with Gasteiger partial charge < -0.3 is 4.74 Å². The van der Waals surface area contributed by atoms with Gasteiger partial charge in [0.05, 0.1) is 5.56 Å². The fraction of sp³-hybridized carbons (Fsp3) is 0.500. The van der Waals surface area contributed by atoms with E-state index < -0.39 is 0 Å². The molecule has 0 amide bonds. The first-order valence-electron chi connectivity index (χ1n) is 6.15. The molecule has 0 radical (unpaired) electrons. The van der Waals surface area contributed by atoms with Crippen LogP contribution >= 0.6 is 12.6 Å². The summed E-state index contributed by atoms with van der Waals surface area (Å²) in [5.74, 6) is 0.457. The highest BCUT2D eigenvalue weighted by molar-refractivity contribution is 7.80. The first-order chi connectivity index (χ1) is 8.15. The zero-order valence-electron chi connectivity index (χ0n) is 10.1. The van der Waals surface area contributed by atoms with Crippen molar-refractivity contribution in [3.05, 3.63) is 29.8 Å². The highest BCUT2D eigenvalue weighted by atomic mass is 32.1. The lowest BCUT2D eigenvalue weighted by molar-refractivity contribution is 0.0155. The molecule has 17 heavy (non-hydrogen) atoms. The van der Waals surface area contributed by atoms with Crippen LogP contribution in [-0.2, 0) is 4.74 Å². The van der Waals surface area contributed by atoms with Crippen molar-refractivity contribution in [2.24, 2.45) is 5.92 Å². The first kappa shape index (κ1) is 12.5. The monoisotopic (exact) mass is 250 g/mol. The summed E-state index contributed by atoms with van der Waals surface area (Å²) >= 11 is 4.19. The summed E-state index contributed by atoms with van der Waals surface area (Å²) in [4.78, 5) is 12.7. The molecule has 1 saturated carbocycles. The van der Waals surface area contributed by atoms with Gasteiger partial charge in [-0.25, -0.2) is 4.79 Å². The van der Waals surface area contributed by atoms with Gasteiger partial charge in [0, 0.05) is 4.90 Å². The lowest BCUT2D eigenvalue weighted by Crippen LogP contribution is -2.24. The Morgan fingerprint density at radius 1 is 1.29 bits per heavy atom. The van der Waals surface area contributed by atoms with E-state index in [4.69, 9.17) is 4.74 Å². The Morgan fingerprint density at radius 2 is 2.00 bits per heavy atom. The smallest absolute Gasteiger partial charge is 0.338 e. The van der Waals surface area contributed by atoms with Gasteiger partial charge in [0.2, 0.25) is 0 Å². The summed E-state index contributed by atoms with van der Waals surface area (Å²) in [5, 5.41) is 0. The molecule has 92 valence electrons. The summed E-state index contributed by atoms with van der Waals surface area (Å²) < 4.78 is 5.52. The highest BCUT2D eigenvalue weighted by Crippen LogP contribution is 2.26. The fourth-order valence-electron chi connectivity index (χ4n) is 2.30. The van der Waals surface area contributed by atoms with E-state index in [1.807, 2.05) is 12.1 Å². The summed E-state index contributed by atoms with van der Waals surface area (Å²) in [6.07, 6.45) is 4.51. The second-order valence-electron chi connectivity index (χ2n) is 4.85. The summed E-state index contributed by atoms with van der Waals surface area (Å²) in [5.41, 5.74) is 0.612. The van der Waals surface area contributed by atoms with Gasteiger partial charge in [-0.2, -0.15) is 0 Å². The molecule has 0 heterocycles. The van der Waals surface area contributed by atoms with Crippen molar-refractivity contribution in [3.63, 3.8) is 0 Å². The number of rotatable bonds is 2. The van der Waals surface area contributed by atoms with Crippen LogP contribution in [0.3, 0.4) is 0 Å². The normalized spacial score (nSPS) is 24.4. The van der Waals surface area contributed by atoms with Crippen LogP contribution in [0.5, 0.6) is 0 Å². The Kier molecular flexibility index (Phi) is 4.11. The molecular formula is C14H18O2S. The Hall–Kier alpha value is -0.960. The maximum Gasteiger partial charge on any atom is 0.338 e. The molecule has 2 unspecified atom stereocenters. The van der Waals surface area contributed by atoms with E-state index in [1.165, 1.54) is 6.42 Å². The molecule has 0 N–H and O–H groups in total. The number of carbonyl (C=O) groups excluding carboxylic acids is 1. The quantitative estimate of drug-likeness (QED) is 0.639. The number of thiol groups is 1. The molecule has 0 bridgehead atoms. The molecule has 0 saturated heterocycles. The topological polar surface area (TPSA) is 26.3 Å². The summed E-state index contributed by atoms with van der Waals surface area (Å²) in [6.45, 7) is 2.22. The molecule has 1 aromatic rings. The lowest BCUT2D eigenvalue weighted by atomic mass is 9.89. The highest BCUT2D eigenvalue weighted by Gasteiger charge is 2.22. The van der Waals surface area contributed by atoms with Gasteiger partial charge >= 0.3 is 5.97 Å². The van der Waals surface area contributed by atoms with Crippen molar-refractivity contribution < 1.29 is 9.53 Å². The summed E-state index contributed by atoms with van der Waals surface area (Å²) in [7, 11) is 0. The molecule has 3 heteroatoms. The van der Waals surface area contributed by atoms with Gasteiger partial charge in [0.15, 0.2) is 0 Å². The van der Waals surface area contributed by atoms with E-state index in [0.29, 0.717) is 11.5 Å². The molecule has 1 fully saturated rings. The average Bonchev–Trinajstić information content (AvgIpc) is 2.29. The number of hydrogen-bond donors (Lipinski definition) is 1. The lowest BCUT2D eigenvalue weighted by Gasteiger charge is -2.26. The standard InChI is InChI=1S/C14H18O2S/c1-10-3-2-4-12(9-10)16-14(15)11-5-7-13(17)8-6-11/h5-8,10,12,17H,2-4,9H2,1H3. The Labute approximate surface area is 108 Å². The second kappa shape index (κ2) is 5.58. The largest absolute Gasteiger partial charge is 0.459 e. The second-order valence-corrected chi connectivity index (χ2v) is 5.36. The number of ether oxygens (including phenoxy) is 1. The van der Waals surface area contributed by atoms with E-state index >= 15 is 0 Å². The SMILES string of the molecule is CC1CCCC(OC(=O)c2ccc(S)cc2)C1. The van der Waals surface area contributed by atoms with E-state index in [9.17, 15) is 4.79 Å². The molecule has 1 aliphatic rings. The zero-order chi connectivity index (χ0) is 12.3. The Bertz CT molecular complexity index is 386. The molecule has 2 rings (SSSR count). The third-order valence-electron chi connectivity index (χ3n) is 3.26. The van der Waals surface area contributed by atoms with E-state index in [-0.39, 0.29) is 12.1 Å². The van der Waals surface area contributed by atoms with Crippen molar-refractivity contribution in [2.75, 3.05) is 0 Å². The van der Waals surface area contributed by atoms with Crippen LogP contribution in [0.15, 0.2) is 29.2 Å². The van der Waals surface area contributed by atoms with Crippen molar-refractivity contribution >= 4 is 18.6 Å². The number of esters is 1. The Balaban J connectivity index is 1.94. The van der Waals surface area contributed by atoms with Crippen LogP contribution in [0.2, 0.25) is 0 Å². The summed E-state index contributed by atoms with van der Waals surface area (Å²) in [6, 6.07) is 7.14. The fourth-order valence-corrected chi connectivity index (χ4v) is 2.45. The van der Waals surface area contributed by atoms with E-state index in [1.54, 1.807) is 12.1 Å².